The van der Waals surface area contributed by atoms with Crippen LogP contribution in [0, 0.1) is 0 Å². The van der Waals surface area contributed by atoms with Crippen LogP contribution in [0.25, 0.3) is 12.2 Å². The van der Waals surface area contributed by atoms with E-state index in [1.165, 1.54) is 28.3 Å². The highest BCUT2D eigenvalue weighted by atomic mass is 16.2. The van der Waals surface area contributed by atoms with Crippen molar-refractivity contribution in [2.75, 3.05) is 6.61 Å². The third-order valence-electron chi connectivity index (χ3n) is 4.35. The van der Waals surface area contributed by atoms with Crippen LogP contribution in [-0.4, -0.2) is 18.0 Å². The van der Waals surface area contributed by atoms with Gasteiger partial charge < -0.3 is 5.11 Å². The minimum absolute atomic E-state index is 0.0982. The fourth-order valence-electron chi connectivity index (χ4n) is 2.95. The van der Waals surface area contributed by atoms with Gasteiger partial charge in [0, 0.05) is 0 Å². The van der Waals surface area contributed by atoms with E-state index in [9.17, 15) is 4.79 Å². The molecule has 0 spiro atoms. The number of carbonyl (C=O) groups excluding carboxylic acids is 1. The molecule has 158 valence electrons. The Morgan fingerprint density at radius 2 is 1.20 bits per heavy atom. The molecule has 0 amide bonds. The van der Waals surface area contributed by atoms with Gasteiger partial charge in [-0.3, -0.25) is 4.79 Å². The molecule has 0 saturated carbocycles. The van der Waals surface area contributed by atoms with Gasteiger partial charge in [-0.2, -0.15) is 0 Å². The molecule has 0 aliphatic carbocycles. The van der Waals surface area contributed by atoms with Crippen molar-refractivity contribution in [2.24, 2.45) is 0 Å². The third kappa shape index (κ3) is 10.5. The number of hydrogen-bond acceptors (Lipinski definition) is 2. The molecule has 2 heteroatoms. The number of aldehydes is 1. The Kier molecular flexibility index (Phi) is 14.2. The Labute approximate surface area is 182 Å². The Morgan fingerprint density at radius 3 is 1.67 bits per heavy atom. The van der Waals surface area contributed by atoms with Crippen LogP contribution in [-0.2, 0) is 17.6 Å². The summed E-state index contributed by atoms with van der Waals surface area (Å²) in [6.07, 6.45) is 20.1. The Hall–Kier alpha value is -2.97. The van der Waals surface area contributed by atoms with Crippen molar-refractivity contribution in [3.63, 3.8) is 0 Å². The van der Waals surface area contributed by atoms with Gasteiger partial charge in [0.05, 0.1) is 6.61 Å². The number of allylic oxidation sites excluding steroid dienone is 5. The molecule has 0 aliphatic rings. The molecule has 2 nitrogen and oxygen atoms in total. The summed E-state index contributed by atoms with van der Waals surface area (Å²) >= 11 is 0. The van der Waals surface area contributed by atoms with Crippen LogP contribution in [0.5, 0.6) is 0 Å². The first kappa shape index (κ1) is 25.1. The summed E-state index contributed by atoms with van der Waals surface area (Å²) in [5.74, 6) is 0. The molecular formula is C28H34O2. The summed E-state index contributed by atoms with van der Waals surface area (Å²) in [7, 11) is 0. The Bertz CT molecular complexity index is 841. The number of hydrogen-bond donors (Lipinski definition) is 1. The highest BCUT2D eigenvalue weighted by molar-refractivity contribution is 5.66. The first-order chi connectivity index (χ1) is 14.8. The largest absolute Gasteiger partial charge is 0.392 e. The van der Waals surface area contributed by atoms with E-state index < -0.39 is 0 Å². The summed E-state index contributed by atoms with van der Waals surface area (Å²) < 4.78 is 0. The molecule has 0 bridgehead atoms. The van der Waals surface area contributed by atoms with Gasteiger partial charge in [-0.15, -0.1) is 0 Å². The minimum Gasteiger partial charge on any atom is -0.392 e. The maximum atomic E-state index is 10.1. The molecule has 30 heavy (non-hydrogen) atoms. The van der Waals surface area contributed by atoms with E-state index in [4.69, 9.17) is 5.11 Å². The van der Waals surface area contributed by atoms with Gasteiger partial charge >= 0.3 is 0 Å². The van der Waals surface area contributed by atoms with Crippen molar-refractivity contribution in [2.45, 2.75) is 39.5 Å². The molecule has 2 rings (SSSR count). The van der Waals surface area contributed by atoms with Gasteiger partial charge in [0.2, 0.25) is 0 Å². The molecule has 0 unspecified atom stereocenters. The van der Waals surface area contributed by atoms with E-state index in [2.05, 4.69) is 62.4 Å². The lowest BCUT2D eigenvalue weighted by Crippen LogP contribution is -1.86. The average molecular weight is 403 g/mol. The van der Waals surface area contributed by atoms with E-state index in [1.807, 2.05) is 30.4 Å². The second-order valence-corrected chi connectivity index (χ2v) is 6.75. The molecular weight excluding hydrogens is 368 g/mol. The fourth-order valence-corrected chi connectivity index (χ4v) is 2.95. The summed E-state index contributed by atoms with van der Waals surface area (Å²) in [5, 5.41) is 8.58. The SMILES string of the molecule is CCCc1ccccc1/C=C/C=C/C=O.CCCc1ccccc1/C=C/C=C/CO. The molecule has 2 aromatic carbocycles. The number of aliphatic hydroxyl groups excluding tert-OH is 1. The summed E-state index contributed by atoms with van der Waals surface area (Å²) in [4.78, 5) is 10.1. The number of aliphatic hydroxyl groups is 1. The monoisotopic (exact) mass is 402 g/mol. The smallest absolute Gasteiger partial charge is 0.142 e. The van der Waals surface area contributed by atoms with Crippen molar-refractivity contribution < 1.29 is 9.90 Å². The molecule has 0 fully saturated rings. The molecule has 0 aliphatic heterocycles. The van der Waals surface area contributed by atoms with E-state index in [-0.39, 0.29) is 6.61 Å². The fraction of sp³-hybridized carbons (Fsp3) is 0.250. The van der Waals surface area contributed by atoms with Crippen molar-refractivity contribution in [1.29, 1.82) is 0 Å². The Morgan fingerprint density at radius 1 is 0.700 bits per heavy atom. The highest BCUT2D eigenvalue weighted by Gasteiger charge is 1.96. The van der Waals surface area contributed by atoms with Gasteiger partial charge in [0.1, 0.15) is 6.29 Å². The summed E-state index contributed by atoms with van der Waals surface area (Å²) in [5.41, 5.74) is 5.24. The van der Waals surface area contributed by atoms with Crippen LogP contribution in [0.4, 0.5) is 0 Å². The van der Waals surface area contributed by atoms with Crippen LogP contribution in [0.1, 0.15) is 48.9 Å². The second-order valence-electron chi connectivity index (χ2n) is 6.75. The zero-order chi connectivity index (χ0) is 21.9. The molecule has 0 heterocycles. The molecule has 0 radical (unpaired) electrons. The van der Waals surface area contributed by atoms with E-state index in [0.29, 0.717) is 0 Å². The topological polar surface area (TPSA) is 37.3 Å². The molecule has 2 aromatic rings. The van der Waals surface area contributed by atoms with E-state index in [0.717, 1.165) is 32.0 Å². The maximum Gasteiger partial charge on any atom is 0.142 e. The van der Waals surface area contributed by atoms with Crippen LogP contribution < -0.4 is 0 Å². The molecule has 1 N–H and O–H groups in total. The van der Waals surface area contributed by atoms with Gasteiger partial charge in [0.25, 0.3) is 0 Å². The quantitative estimate of drug-likeness (QED) is 0.276. The molecule has 0 saturated heterocycles. The maximum absolute atomic E-state index is 10.1. The zero-order valence-electron chi connectivity index (χ0n) is 18.2. The first-order valence-electron chi connectivity index (χ1n) is 10.6. The Balaban J connectivity index is 0.000000300. The second kappa shape index (κ2) is 16.9. The molecule has 0 aromatic heterocycles. The number of rotatable bonds is 10. The normalized spacial score (nSPS) is 11.4. The molecule has 0 atom stereocenters. The lowest BCUT2D eigenvalue weighted by atomic mass is 10.0. The predicted octanol–water partition coefficient (Wildman–Crippen LogP) is 6.61. The zero-order valence-corrected chi connectivity index (χ0v) is 18.2. The van der Waals surface area contributed by atoms with Crippen LogP contribution in [0.15, 0.2) is 85.0 Å². The number of carbonyl (C=O) groups is 1. The average Bonchev–Trinajstić information content (AvgIpc) is 2.77. The van der Waals surface area contributed by atoms with Crippen LogP contribution in [0.3, 0.4) is 0 Å². The van der Waals surface area contributed by atoms with Gasteiger partial charge in [-0.05, 0) is 41.2 Å². The third-order valence-corrected chi connectivity index (χ3v) is 4.35. The lowest BCUT2D eigenvalue weighted by molar-refractivity contribution is -0.104. The van der Waals surface area contributed by atoms with Crippen molar-refractivity contribution >= 4 is 18.4 Å². The first-order valence-corrected chi connectivity index (χ1v) is 10.6. The van der Waals surface area contributed by atoms with Gasteiger partial charge in [-0.1, -0.05) is 118 Å². The predicted molar refractivity (Wildman–Crippen MR) is 130 cm³/mol. The van der Waals surface area contributed by atoms with Crippen molar-refractivity contribution in [3.8, 4) is 0 Å². The van der Waals surface area contributed by atoms with Crippen LogP contribution >= 0.6 is 0 Å². The van der Waals surface area contributed by atoms with Gasteiger partial charge in [0.15, 0.2) is 0 Å². The van der Waals surface area contributed by atoms with Crippen LogP contribution in [0.2, 0.25) is 0 Å². The summed E-state index contributed by atoms with van der Waals surface area (Å²) in [6.45, 7) is 4.46. The highest BCUT2D eigenvalue weighted by Crippen LogP contribution is 2.13. The van der Waals surface area contributed by atoms with E-state index in [1.54, 1.807) is 12.2 Å². The minimum atomic E-state index is 0.0982. The summed E-state index contributed by atoms with van der Waals surface area (Å²) in [6, 6.07) is 16.7. The number of benzene rings is 2. The van der Waals surface area contributed by atoms with Crippen molar-refractivity contribution in [1.82, 2.24) is 0 Å². The number of aryl methyl sites for hydroxylation is 2. The lowest BCUT2D eigenvalue weighted by Gasteiger charge is -2.02. The van der Waals surface area contributed by atoms with Crippen molar-refractivity contribution in [3.05, 3.63) is 107 Å². The standard InChI is InChI=1S/C14H18O.C14H16O/c2*1-2-8-13-10-5-6-11-14(13)9-4-3-7-12-15/h3-7,9-11,15H,2,8,12H2,1H3;3-7,9-12H,2,8H2,1H3/b2*7-3+,9-4+. The van der Waals surface area contributed by atoms with E-state index >= 15 is 0 Å². The van der Waals surface area contributed by atoms with Gasteiger partial charge in [-0.25, -0.2) is 0 Å².